The molecule has 2 atom stereocenters. The lowest BCUT2D eigenvalue weighted by Crippen LogP contribution is -2.44. The first-order chi connectivity index (χ1) is 17.1. The molecular formula is C31H30N4. The number of hydrogen-bond acceptors (Lipinski definition) is 4. The molecule has 4 nitrogen and oxygen atoms in total. The summed E-state index contributed by atoms with van der Waals surface area (Å²) >= 11 is 0. The van der Waals surface area contributed by atoms with E-state index in [1.807, 2.05) is 48.8 Å². The predicted molar refractivity (Wildman–Crippen MR) is 144 cm³/mol. The lowest BCUT2D eigenvalue weighted by Gasteiger charge is -2.36. The van der Waals surface area contributed by atoms with E-state index >= 15 is 0 Å². The SMILES string of the molecule is CC1(C)N(/N=C\c2ccccc2)[C@@H](c2ccccc2)[C@@H](c2ccccc2)N1/N=C/c1ccccc1. The van der Waals surface area contributed by atoms with E-state index in [-0.39, 0.29) is 12.1 Å². The van der Waals surface area contributed by atoms with Crippen LogP contribution >= 0.6 is 0 Å². The maximum atomic E-state index is 5.08. The van der Waals surface area contributed by atoms with Crippen LogP contribution in [0.2, 0.25) is 0 Å². The van der Waals surface area contributed by atoms with E-state index in [9.17, 15) is 0 Å². The zero-order valence-corrected chi connectivity index (χ0v) is 20.1. The van der Waals surface area contributed by atoms with Crippen molar-refractivity contribution < 1.29 is 0 Å². The van der Waals surface area contributed by atoms with Crippen molar-refractivity contribution in [2.24, 2.45) is 10.2 Å². The minimum absolute atomic E-state index is 0.0264. The van der Waals surface area contributed by atoms with Crippen molar-refractivity contribution in [1.82, 2.24) is 10.0 Å². The van der Waals surface area contributed by atoms with Crippen molar-refractivity contribution >= 4 is 12.4 Å². The topological polar surface area (TPSA) is 31.2 Å². The van der Waals surface area contributed by atoms with Crippen LogP contribution in [0, 0.1) is 0 Å². The Morgan fingerprint density at radius 3 is 1.17 bits per heavy atom. The van der Waals surface area contributed by atoms with Crippen molar-refractivity contribution in [2.45, 2.75) is 31.6 Å². The average Bonchev–Trinajstić information content (AvgIpc) is 3.14. The van der Waals surface area contributed by atoms with Gasteiger partial charge in [0.25, 0.3) is 0 Å². The number of rotatable bonds is 6. The van der Waals surface area contributed by atoms with E-state index in [4.69, 9.17) is 10.2 Å². The molecule has 1 aliphatic heterocycles. The van der Waals surface area contributed by atoms with Crippen LogP contribution in [0.5, 0.6) is 0 Å². The van der Waals surface area contributed by atoms with Gasteiger partial charge < -0.3 is 0 Å². The fourth-order valence-corrected chi connectivity index (χ4v) is 4.76. The minimum Gasteiger partial charge on any atom is -0.261 e. The van der Waals surface area contributed by atoms with Crippen LogP contribution in [0.4, 0.5) is 0 Å². The molecule has 5 rings (SSSR count). The third-order valence-corrected chi connectivity index (χ3v) is 6.49. The average molecular weight is 459 g/mol. The van der Waals surface area contributed by atoms with Crippen molar-refractivity contribution in [3.05, 3.63) is 144 Å². The van der Waals surface area contributed by atoms with Crippen LogP contribution in [-0.4, -0.2) is 28.1 Å². The molecule has 1 saturated heterocycles. The quantitative estimate of drug-likeness (QED) is 0.295. The largest absolute Gasteiger partial charge is 0.261 e. The van der Waals surface area contributed by atoms with E-state index < -0.39 is 5.66 Å². The molecule has 0 radical (unpaired) electrons. The molecule has 4 aromatic carbocycles. The second-order valence-electron chi connectivity index (χ2n) is 9.21. The Morgan fingerprint density at radius 2 is 0.829 bits per heavy atom. The van der Waals surface area contributed by atoms with Gasteiger partial charge in [-0.3, -0.25) is 10.0 Å². The highest BCUT2D eigenvalue weighted by Gasteiger charge is 2.53. The highest BCUT2D eigenvalue weighted by molar-refractivity contribution is 5.80. The summed E-state index contributed by atoms with van der Waals surface area (Å²) in [5.41, 5.74) is 4.06. The molecule has 174 valence electrons. The normalized spacial score (nSPS) is 19.6. The fourth-order valence-electron chi connectivity index (χ4n) is 4.76. The summed E-state index contributed by atoms with van der Waals surface area (Å²) in [5.74, 6) is 0. The third kappa shape index (κ3) is 4.73. The van der Waals surface area contributed by atoms with E-state index in [2.05, 4.69) is 109 Å². The Labute approximate surface area is 207 Å². The molecular weight excluding hydrogens is 428 g/mol. The molecule has 4 aromatic rings. The Bertz CT molecular complexity index is 1170. The summed E-state index contributed by atoms with van der Waals surface area (Å²) < 4.78 is 0. The van der Waals surface area contributed by atoms with Crippen LogP contribution in [0.1, 0.15) is 48.2 Å². The van der Waals surface area contributed by atoms with Gasteiger partial charge in [0.1, 0.15) is 17.7 Å². The van der Waals surface area contributed by atoms with Gasteiger partial charge in [-0.1, -0.05) is 121 Å². The summed E-state index contributed by atoms with van der Waals surface area (Å²) in [4.78, 5) is 0. The van der Waals surface area contributed by atoms with Crippen molar-refractivity contribution in [2.75, 3.05) is 0 Å². The lowest BCUT2D eigenvalue weighted by atomic mass is 9.94. The second kappa shape index (κ2) is 9.98. The van der Waals surface area contributed by atoms with Crippen LogP contribution in [0.25, 0.3) is 0 Å². The molecule has 0 bridgehead atoms. The van der Waals surface area contributed by atoms with Gasteiger partial charge in [0.05, 0.1) is 12.4 Å². The van der Waals surface area contributed by atoms with Crippen molar-refractivity contribution in [3.63, 3.8) is 0 Å². The van der Waals surface area contributed by atoms with Gasteiger partial charge in [-0.25, -0.2) is 0 Å². The maximum Gasteiger partial charge on any atom is 0.141 e. The lowest BCUT2D eigenvalue weighted by molar-refractivity contribution is 0.0339. The molecule has 0 aliphatic carbocycles. The Balaban J connectivity index is 1.64. The van der Waals surface area contributed by atoms with E-state index in [0.717, 1.165) is 11.1 Å². The second-order valence-corrected chi connectivity index (χ2v) is 9.21. The molecule has 0 unspecified atom stereocenters. The smallest absolute Gasteiger partial charge is 0.141 e. The predicted octanol–water partition coefficient (Wildman–Crippen LogP) is 6.89. The van der Waals surface area contributed by atoms with Gasteiger partial charge >= 0.3 is 0 Å². The molecule has 0 amide bonds. The van der Waals surface area contributed by atoms with Gasteiger partial charge in [0.2, 0.25) is 0 Å². The zero-order chi connectivity index (χ0) is 24.1. The van der Waals surface area contributed by atoms with Crippen LogP contribution < -0.4 is 0 Å². The van der Waals surface area contributed by atoms with Gasteiger partial charge in [0.15, 0.2) is 0 Å². The van der Waals surface area contributed by atoms with Gasteiger partial charge in [-0.2, -0.15) is 10.2 Å². The molecule has 35 heavy (non-hydrogen) atoms. The van der Waals surface area contributed by atoms with Crippen molar-refractivity contribution in [3.8, 4) is 0 Å². The summed E-state index contributed by atoms with van der Waals surface area (Å²) in [6.07, 6.45) is 3.90. The fraction of sp³-hybridized carbons (Fsp3) is 0.161. The summed E-state index contributed by atoms with van der Waals surface area (Å²) in [6, 6.07) is 41.7. The van der Waals surface area contributed by atoms with Crippen LogP contribution in [-0.2, 0) is 0 Å². The highest BCUT2D eigenvalue weighted by Crippen LogP contribution is 2.51. The molecule has 0 spiro atoms. The molecule has 0 saturated carbocycles. The molecule has 0 N–H and O–H groups in total. The van der Waals surface area contributed by atoms with Gasteiger partial charge in [0, 0.05) is 0 Å². The summed E-state index contributed by atoms with van der Waals surface area (Å²) in [5, 5.41) is 14.6. The number of nitrogens with zero attached hydrogens (tertiary/aromatic N) is 4. The van der Waals surface area contributed by atoms with Gasteiger partial charge in [-0.15, -0.1) is 0 Å². The van der Waals surface area contributed by atoms with E-state index in [0.29, 0.717) is 0 Å². The maximum absolute atomic E-state index is 5.08. The highest BCUT2D eigenvalue weighted by atomic mass is 15.7. The zero-order valence-electron chi connectivity index (χ0n) is 20.1. The first kappa shape index (κ1) is 22.6. The third-order valence-electron chi connectivity index (χ3n) is 6.49. The molecule has 1 aliphatic rings. The van der Waals surface area contributed by atoms with Crippen molar-refractivity contribution in [1.29, 1.82) is 0 Å². The number of hydrogen-bond donors (Lipinski definition) is 0. The summed E-state index contributed by atoms with van der Waals surface area (Å²) in [6.45, 7) is 4.38. The van der Waals surface area contributed by atoms with Crippen LogP contribution in [0.3, 0.4) is 0 Å². The Hall–Kier alpha value is -4.18. The number of benzene rings is 4. The van der Waals surface area contributed by atoms with E-state index in [1.165, 1.54) is 11.1 Å². The molecule has 4 heteroatoms. The molecule has 0 aromatic heterocycles. The van der Waals surface area contributed by atoms with Gasteiger partial charge in [-0.05, 0) is 36.1 Å². The monoisotopic (exact) mass is 458 g/mol. The standard InChI is InChI=1S/C31H30N4/c1-31(2)34(32-23-25-15-7-3-8-16-25)29(27-19-11-5-12-20-27)30(28-21-13-6-14-22-28)35(31)33-24-26-17-9-4-10-18-26/h3-24,29-30H,1-2H3/b32-23-,33-24+/t29-,30+/m0/s1. The van der Waals surface area contributed by atoms with E-state index in [1.54, 1.807) is 0 Å². The minimum atomic E-state index is -0.489. The first-order valence-corrected chi connectivity index (χ1v) is 12.0. The molecule has 1 fully saturated rings. The molecule has 1 heterocycles. The Kier molecular flexibility index (Phi) is 6.44. The Morgan fingerprint density at radius 1 is 0.514 bits per heavy atom. The summed E-state index contributed by atoms with van der Waals surface area (Å²) in [7, 11) is 0. The first-order valence-electron chi connectivity index (χ1n) is 12.0. The number of hydrazone groups is 2. The van der Waals surface area contributed by atoms with Crippen LogP contribution in [0.15, 0.2) is 132 Å².